The number of hydrogen-bond donors (Lipinski definition) is 0. The van der Waals surface area contributed by atoms with E-state index < -0.39 is 0 Å². The van der Waals surface area contributed by atoms with E-state index >= 15 is 0 Å². The van der Waals surface area contributed by atoms with Crippen molar-refractivity contribution in [3.05, 3.63) is 23.8 Å². The van der Waals surface area contributed by atoms with Gasteiger partial charge < -0.3 is 9.47 Å². The monoisotopic (exact) mass is 208 g/mol. The molecular formula is C12H16O3. The van der Waals surface area contributed by atoms with E-state index in [-0.39, 0.29) is 6.10 Å². The van der Waals surface area contributed by atoms with Crippen molar-refractivity contribution in [1.29, 1.82) is 0 Å². The van der Waals surface area contributed by atoms with Gasteiger partial charge in [-0.25, -0.2) is 0 Å². The molecule has 0 unspecified atom stereocenters. The molecule has 0 spiro atoms. The van der Waals surface area contributed by atoms with E-state index in [0.717, 1.165) is 12.0 Å². The van der Waals surface area contributed by atoms with Crippen LogP contribution >= 0.6 is 0 Å². The van der Waals surface area contributed by atoms with Gasteiger partial charge in [0.25, 0.3) is 0 Å². The molecule has 0 heterocycles. The van der Waals surface area contributed by atoms with Crippen molar-refractivity contribution in [2.45, 2.75) is 26.9 Å². The van der Waals surface area contributed by atoms with Gasteiger partial charge in [0.2, 0.25) is 0 Å². The summed E-state index contributed by atoms with van der Waals surface area (Å²) in [7, 11) is 0. The number of carbonyl (C=O) groups excluding carboxylic acids is 1. The lowest BCUT2D eigenvalue weighted by atomic mass is 10.2. The molecule has 1 aromatic rings. The Bertz CT molecular complexity index is 332. The van der Waals surface area contributed by atoms with Gasteiger partial charge in [-0.2, -0.15) is 0 Å². The predicted octanol–water partition coefficient (Wildman–Crippen LogP) is 2.69. The molecule has 0 aliphatic heterocycles. The molecule has 3 heteroatoms. The van der Waals surface area contributed by atoms with Crippen molar-refractivity contribution in [1.82, 2.24) is 0 Å². The minimum atomic E-state index is 0.113. The summed E-state index contributed by atoms with van der Waals surface area (Å²) in [6, 6.07) is 5.22. The topological polar surface area (TPSA) is 35.5 Å². The third kappa shape index (κ3) is 3.27. The first-order valence-electron chi connectivity index (χ1n) is 5.06. The molecule has 0 N–H and O–H groups in total. The van der Waals surface area contributed by atoms with E-state index in [1.54, 1.807) is 18.2 Å². The zero-order valence-electron chi connectivity index (χ0n) is 9.32. The standard InChI is InChI=1S/C12H16O3/c1-4-14-12-7-11(15-9(2)3)6-5-10(12)8-13/h5-9H,4H2,1-3H3. The van der Waals surface area contributed by atoms with Crippen LogP contribution in [0.1, 0.15) is 31.1 Å². The lowest BCUT2D eigenvalue weighted by molar-refractivity contribution is 0.112. The van der Waals surface area contributed by atoms with Crippen molar-refractivity contribution in [3.8, 4) is 11.5 Å². The van der Waals surface area contributed by atoms with E-state index in [1.807, 2.05) is 20.8 Å². The van der Waals surface area contributed by atoms with Gasteiger partial charge in [0.05, 0.1) is 18.3 Å². The van der Waals surface area contributed by atoms with Crippen LogP contribution in [0.5, 0.6) is 11.5 Å². The van der Waals surface area contributed by atoms with Crippen molar-refractivity contribution in [2.75, 3.05) is 6.61 Å². The smallest absolute Gasteiger partial charge is 0.153 e. The lowest BCUT2D eigenvalue weighted by Gasteiger charge is -2.12. The molecule has 0 bridgehead atoms. The highest BCUT2D eigenvalue weighted by atomic mass is 16.5. The van der Waals surface area contributed by atoms with Crippen LogP contribution in [-0.4, -0.2) is 19.0 Å². The molecule has 0 amide bonds. The maximum absolute atomic E-state index is 10.7. The maximum atomic E-state index is 10.7. The highest BCUT2D eigenvalue weighted by molar-refractivity contribution is 5.79. The number of rotatable bonds is 5. The van der Waals surface area contributed by atoms with Crippen molar-refractivity contribution in [3.63, 3.8) is 0 Å². The molecule has 1 aromatic carbocycles. The van der Waals surface area contributed by atoms with Crippen LogP contribution < -0.4 is 9.47 Å². The Hall–Kier alpha value is -1.51. The van der Waals surface area contributed by atoms with E-state index in [2.05, 4.69) is 0 Å². The zero-order valence-corrected chi connectivity index (χ0v) is 9.32. The van der Waals surface area contributed by atoms with E-state index in [1.165, 1.54) is 0 Å². The first kappa shape index (κ1) is 11.6. The molecule has 0 atom stereocenters. The Morgan fingerprint density at radius 2 is 2.13 bits per heavy atom. The summed E-state index contributed by atoms with van der Waals surface area (Å²) in [5, 5.41) is 0. The summed E-state index contributed by atoms with van der Waals surface area (Å²) < 4.78 is 10.8. The molecule has 0 aliphatic carbocycles. The van der Waals surface area contributed by atoms with E-state index in [0.29, 0.717) is 17.9 Å². The largest absolute Gasteiger partial charge is 0.493 e. The van der Waals surface area contributed by atoms with Crippen LogP contribution in [0, 0.1) is 0 Å². The Morgan fingerprint density at radius 3 is 2.67 bits per heavy atom. The van der Waals surface area contributed by atoms with Gasteiger partial charge in [-0.3, -0.25) is 4.79 Å². The number of aldehydes is 1. The van der Waals surface area contributed by atoms with Gasteiger partial charge >= 0.3 is 0 Å². The fourth-order valence-corrected chi connectivity index (χ4v) is 1.24. The summed E-state index contributed by atoms with van der Waals surface area (Å²) in [6.45, 7) is 6.32. The average Bonchev–Trinajstić information content (AvgIpc) is 2.18. The molecule has 3 nitrogen and oxygen atoms in total. The van der Waals surface area contributed by atoms with Crippen molar-refractivity contribution < 1.29 is 14.3 Å². The van der Waals surface area contributed by atoms with Gasteiger partial charge in [-0.1, -0.05) is 0 Å². The molecule has 0 saturated heterocycles. The SMILES string of the molecule is CCOc1cc(OC(C)C)ccc1C=O. The minimum Gasteiger partial charge on any atom is -0.493 e. The van der Waals surface area contributed by atoms with Crippen LogP contribution in [0.25, 0.3) is 0 Å². The highest BCUT2D eigenvalue weighted by Gasteiger charge is 2.05. The highest BCUT2D eigenvalue weighted by Crippen LogP contribution is 2.24. The fourth-order valence-electron chi connectivity index (χ4n) is 1.24. The number of carbonyl (C=O) groups is 1. The third-order valence-corrected chi connectivity index (χ3v) is 1.78. The van der Waals surface area contributed by atoms with Gasteiger partial charge in [0.15, 0.2) is 6.29 Å². The molecule has 1 rings (SSSR count). The van der Waals surface area contributed by atoms with Crippen molar-refractivity contribution >= 4 is 6.29 Å². The Morgan fingerprint density at radius 1 is 1.40 bits per heavy atom. The second kappa shape index (κ2) is 5.39. The molecule has 15 heavy (non-hydrogen) atoms. The van der Waals surface area contributed by atoms with Crippen LogP contribution in [-0.2, 0) is 0 Å². The molecular weight excluding hydrogens is 192 g/mol. The Labute approximate surface area is 90.0 Å². The van der Waals surface area contributed by atoms with Crippen LogP contribution in [0.3, 0.4) is 0 Å². The van der Waals surface area contributed by atoms with Gasteiger partial charge in [0.1, 0.15) is 11.5 Å². The average molecular weight is 208 g/mol. The molecule has 0 aromatic heterocycles. The van der Waals surface area contributed by atoms with E-state index in [4.69, 9.17) is 9.47 Å². The zero-order chi connectivity index (χ0) is 11.3. The number of ether oxygens (including phenoxy) is 2. The first-order chi connectivity index (χ1) is 7.17. The summed E-state index contributed by atoms with van der Waals surface area (Å²) >= 11 is 0. The van der Waals surface area contributed by atoms with Crippen LogP contribution in [0.4, 0.5) is 0 Å². The second-order valence-electron chi connectivity index (χ2n) is 3.42. The molecule has 0 radical (unpaired) electrons. The predicted molar refractivity (Wildman–Crippen MR) is 58.8 cm³/mol. The van der Waals surface area contributed by atoms with E-state index in [9.17, 15) is 4.79 Å². The van der Waals surface area contributed by atoms with Gasteiger partial charge in [0, 0.05) is 6.07 Å². The summed E-state index contributed by atoms with van der Waals surface area (Å²) in [6.07, 6.45) is 0.894. The van der Waals surface area contributed by atoms with Crippen molar-refractivity contribution in [2.24, 2.45) is 0 Å². The van der Waals surface area contributed by atoms with Crippen LogP contribution in [0.2, 0.25) is 0 Å². The molecule has 82 valence electrons. The second-order valence-corrected chi connectivity index (χ2v) is 3.42. The maximum Gasteiger partial charge on any atom is 0.153 e. The molecule has 0 fully saturated rings. The first-order valence-corrected chi connectivity index (χ1v) is 5.06. The molecule has 0 saturated carbocycles. The fraction of sp³-hybridized carbons (Fsp3) is 0.417. The number of hydrogen-bond acceptors (Lipinski definition) is 3. The lowest BCUT2D eigenvalue weighted by Crippen LogP contribution is -2.06. The minimum absolute atomic E-state index is 0.113. The summed E-state index contributed by atoms with van der Waals surface area (Å²) in [4.78, 5) is 10.7. The van der Waals surface area contributed by atoms with Gasteiger partial charge in [-0.15, -0.1) is 0 Å². The summed E-state index contributed by atoms with van der Waals surface area (Å²) in [5.74, 6) is 1.30. The summed E-state index contributed by atoms with van der Waals surface area (Å²) in [5.41, 5.74) is 0.549. The third-order valence-electron chi connectivity index (χ3n) is 1.78. The Balaban J connectivity index is 2.93. The molecule has 0 aliphatic rings. The van der Waals surface area contributed by atoms with Crippen LogP contribution in [0.15, 0.2) is 18.2 Å². The quantitative estimate of drug-likeness (QED) is 0.698. The van der Waals surface area contributed by atoms with Gasteiger partial charge in [-0.05, 0) is 32.9 Å². The number of benzene rings is 1. The Kier molecular flexibility index (Phi) is 4.16. The normalized spacial score (nSPS) is 10.1.